The number of sulfonamides is 1. The topological polar surface area (TPSA) is 81.1 Å². The summed E-state index contributed by atoms with van der Waals surface area (Å²) in [5.41, 5.74) is 1.08. The van der Waals surface area contributed by atoms with Crippen LogP contribution in [-0.4, -0.2) is 61.6 Å². The van der Waals surface area contributed by atoms with Crippen molar-refractivity contribution in [2.45, 2.75) is 24.4 Å². The third-order valence-corrected chi connectivity index (χ3v) is 7.44. The Labute approximate surface area is 173 Å². The van der Waals surface area contributed by atoms with Crippen molar-refractivity contribution in [2.75, 3.05) is 33.7 Å². The predicted molar refractivity (Wildman–Crippen MR) is 114 cm³/mol. The number of aliphatic hydroxyl groups excluding tert-OH is 1. The molecule has 1 aliphatic rings. The molecule has 0 unspecified atom stereocenters. The monoisotopic (exact) mass is 418 g/mol. The highest BCUT2D eigenvalue weighted by molar-refractivity contribution is 7.88. The van der Waals surface area contributed by atoms with Crippen LogP contribution in [0.15, 0.2) is 54.6 Å². The van der Waals surface area contributed by atoms with Crippen LogP contribution in [0.3, 0.4) is 0 Å². The average Bonchev–Trinajstić information content (AvgIpc) is 2.69. The third kappa shape index (κ3) is 5.05. The lowest BCUT2D eigenvalue weighted by molar-refractivity contribution is -0.0698. The molecule has 1 fully saturated rings. The zero-order chi connectivity index (χ0) is 21.1. The highest BCUT2D eigenvalue weighted by Crippen LogP contribution is 2.39. The first kappa shape index (κ1) is 21.9. The van der Waals surface area contributed by atoms with Crippen molar-refractivity contribution in [3.05, 3.63) is 71.3 Å². The molecule has 0 aliphatic carbocycles. The van der Waals surface area contributed by atoms with Crippen LogP contribution in [0.2, 0.25) is 0 Å². The number of hydrogen-bond acceptors (Lipinski definition) is 5. The van der Waals surface area contributed by atoms with Crippen LogP contribution in [0.5, 0.6) is 0 Å². The van der Waals surface area contributed by atoms with Gasteiger partial charge in [-0.1, -0.05) is 54.6 Å². The van der Waals surface area contributed by atoms with E-state index < -0.39 is 15.6 Å². The standard InChI is InChI=1S/C22H30N2O4S/c1-23(2)14-21-15-24(29(27,28)17-18-7-4-3-5-8-18)12-11-22(21,26)20-10-6-9-19(13-20)16-25/h3-10,13,21,25-26H,11-12,14-17H2,1-2H3/t21-,22-/m1/s1. The van der Waals surface area contributed by atoms with E-state index in [2.05, 4.69) is 0 Å². The average molecular weight is 419 g/mol. The Morgan fingerprint density at radius 3 is 2.45 bits per heavy atom. The minimum atomic E-state index is -3.49. The zero-order valence-corrected chi connectivity index (χ0v) is 17.8. The first-order valence-electron chi connectivity index (χ1n) is 9.84. The van der Waals surface area contributed by atoms with Gasteiger partial charge in [-0.05, 0) is 37.2 Å². The molecule has 0 radical (unpaired) electrons. The number of benzene rings is 2. The van der Waals surface area contributed by atoms with Crippen molar-refractivity contribution in [3.63, 3.8) is 0 Å². The number of hydrogen-bond donors (Lipinski definition) is 2. The second-order valence-corrected chi connectivity index (χ2v) is 10.1. The molecule has 1 aliphatic heterocycles. The lowest BCUT2D eigenvalue weighted by Gasteiger charge is -2.45. The van der Waals surface area contributed by atoms with Gasteiger partial charge in [0.15, 0.2) is 0 Å². The van der Waals surface area contributed by atoms with Gasteiger partial charge in [-0.3, -0.25) is 0 Å². The molecule has 2 N–H and O–H groups in total. The Morgan fingerprint density at radius 1 is 1.10 bits per heavy atom. The molecule has 3 rings (SSSR count). The predicted octanol–water partition coefficient (Wildman–Crippen LogP) is 1.78. The Hall–Kier alpha value is -1.77. The van der Waals surface area contributed by atoms with E-state index in [1.54, 1.807) is 0 Å². The molecule has 2 atom stereocenters. The number of rotatable bonds is 7. The van der Waals surface area contributed by atoms with Gasteiger partial charge in [0.2, 0.25) is 10.0 Å². The highest BCUT2D eigenvalue weighted by Gasteiger charge is 2.45. The van der Waals surface area contributed by atoms with Crippen LogP contribution in [0.25, 0.3) is 0 Å². The molecule has 0 bridgehead atoms. The second kappa shape index (κ2) is 8.93. The van der Waals surface area contributed by atoms with Gasteiger partial charge >= 0.3 is 0 Å². The minimum Gasteiger partial charge on any atom is -0.392 e. The van der Waals surface area contributed by atoms with Crippen LogP contribution in [0.4, 0.5) is 0 Å². The molecule has 1 heterocycles. The van der Waals surface area contributed by atoms with E-state index in [0.29, 0.717) is 13.0 Å². The zero-order valence-electron chi connectivity index (χ0n) is 17.0. The summed E-state index contributed by atoms with van der Waals surface area (Å²) in [5, 5.41) is 21.1. The normalized spacial score (nSPS) is 23.4. The third-order valence-electron chi connectivity index (χ3n) is 5.62. The maximum Gasteiger partial charge on any atom is 0.218 e. The van der Waals surface area contributed by atoms with Crippen LogP contribution >= 0.6 is 0 Å². The van der Waals surface area contributed by atoms with Gasteiger partial charge < -0.3 is 15.1 Å². The van der Waals surface area contributed by atoms with E-state index in [9.17, 15) is 18.6 Å². The molecular formula is C22H30N2O4S. The molecule has 0 saturated carbocycles. The quantitative estimate of drug-likeness (QED) is 0.716. The number of aliphatic hydroxyl groups is 2. The van der Waals surface area contributed by atoms with Gasteiger partial charge in [-0.25, -0.2) is 12.7 Å². The summed E-state index contributed by atoms with van der Waals surface area (Å²) in [6, 6.07) is 16.5. The molecule has 29 heavy (non-hydrogen) atoms. The fourth-order valence-corrected chi connectivity index (χ4v) is 5.66. The summed E-state index contributed by atoms with van der Waals surface area (Å²) in [6.07, 6.45) is 0.314. The molecule has 158 valence electrons. The molecule has 7 heteroatoms. The Kier molecular flexibility index (Phi) is 6.76. The Morgan fingerprint density at radius 2 is 1.79 bits per heavy atom. The van der Waals surface area contributed by atoms with Gasteiger partial charge in [0.1, 0.15) is 0 Å². The molecule has 0 aromatic heterocycles. The van der Waals surface area contributed by atoms with Crippen LogP contribution in [0.1, 0.15) is 23.1 Å². The lowest BCUT2D eigenvalue weighted by Crippen LogP contribution is -2.54. The SMILES string of the molecule is CN(C)C[C@@H]1CN(S(=O)(=O)Cc2ccccc2)CC[C@@]1(O)c1cccc(CO)c1. The maximum absolute atomic E-state index is 13.0. The van der Waals surface area contributed by atoms with E-state index >= 15 is 0 Å². The van der Waals surface area contributed by atoms with Gasteiger partial charge in [0.05, 0.1) is 18.0 Å². The molecule has 1 saturated heterocycles. The van der Waals surface area contributed by atoms with Crippen LogP contribution in [0, 0.1) is 5.92 Å². The summed E-state index contributed by atoms with van der Waals surface area (Å²) in [7, 11) is 0.351. The maximum atomic E-state index is 13.0. The van der Waals surface area contributed by atoms with Gasteiger partial charge in [0.25, 0.3) is 0 Å². The van der Waals surface area contributed by atoms with E-state index in [1.165, 1.54) is 4.31 Å². The highest BCUT2D eigenvalue weighted by atomic mass is 32.2. The van der Waals surface area contributed by atoms with Gasteiger partial charge in [-0.15, -0.1) is 0 Å². The number of piperidine rings is 1. The molecule has 0 amide bonds. The summed E-state index contributed by atoms with van der Waals surface area (Å²) in [4.78, 5) is 1.97. The summed E-state index contributed by atoms with van der Waals surface area (Å²) in [6.45, 7) is 0.975. The Balaban J connectivity index is 1.86. The largest absolute Gasteiger partial charge is 0.392 e. The van der Waals surface area contributed by atoms with Gasteiger partial charge in [-0.2, -0.15) is 0 Å². The second-order valence-electron chi connectivity index (χ2n) is 8.09. The van der Waals surface area contributed by atoms with Crippen molar-refractivity contribution >= 4 is 10.0 Å². The van der Waals surface area contributed by atoms with Crippen LogP contribution < -0.4 is 0 Å². The molecule has 0 spiro atoms. The lowest BCUT2D eigenvalue weighted by atomic mass is 9.76. The summed E-state index contributed by atoms with van der Waals surface area (Å²) >= 11 is 0. The fraction of sp³-hybridized carbons (Fsp3) is 0.455. The summed E-state index contributed by atoms with van der Waals surface area (Å²) in [5.74, 6) is -0.327. The van der Waals surface area contributed by atoms with E-state index in [0.717, 1.165) is 16.7 Å². The van der Waals surface area contributed by atoms with E-state index in [1.807, 2.05) is 73.6 Å². The van der Waals surface area contributed by atoms with Crippen molar-refractivity contribution in [2.24, 2.45) is 5.92 Å². The van der Waals surface area contributed by atoms with Crippen molar-refractivity contribution in [3.8, 4) is 0 Å². The van der Waals surface area contributed by atoms with Crippen molar-refractivity contribution in [1.82, 2.24) is 9.21 Å². The van der Waals surface area contributed by atoms with Crippen molar-refractivity contribution in [1.29, 1.82) is 0 Å². The van der Waals surface area contributed by atoms with Crippen LogP contribution in [-0.2, 0) is 28.0 Å². The fourth-order valence-electron chi connectivity index (χ4n) is 4.08. The van der Waals surface area contributed by atoms with Crippen molar-refractivity contribution < 1.29 is 18.6 Å². The Bertz CT molecular complexity index is 917. The summed E-state index contributed by atoms with van der Waals surface area (Å²) < 4.78 is 27.6. The molecular weight excluding hydrogens is 388 g/mol. The number of nitrogens with zero attached hydrogens (tertiary/aromatic N) is 2. The molecule has 2 aromatic rings. The van der Waals surface area contributed by atoms with E-state index in [-0.39, 0.29) is 31.4 Å². The molecule has 6 nitrogen and oxygen atoms in total. The first-order valence-corrected chi connectivity index (χ1v) is 11.4. The van der Waals surface area contributed by atoms with Gasteiger partial charge in [0, 0.05) is 25.6 Å². The first-order chi connectivity index (χ1) is 13.7. The molecule has 2 aromatic carbocycles. The van der Waals surface area contributed by atoms with E-state index in [4.69, 9.17) is 0 Å². The minimum absolute atomic E-state index is 0.0407. The smallest absolute Gasteiger partial charge is 0.218 e.